The van der Waals surface area contributed by atoms with E-state index >= 15 is 0 Å². The van der Waals surface area contributed by atoms with Crippen molar-refractivity contribution in [2.24, 2.45) is 0 Å². The molecule has 3 nitrogen and oxygen atoms in total. The van der Waals surface area contributed by atoms with E-state index in [0.29, 0.717) is 6.10 Å². The van der Waals surface area contributed by atoms with E-state index in [-0.39, 0.29) is 6.61 Å². The molecule has 1 fully saturated rings. The lowest BCUT2D eigenvalue weighted by Crippen LogP contribution is -2.13. The van der Waals surface area contributed by atoms with Crippen LogP contribution < -0.4 is 10.1 Å². The summed E-state index contributed by atoms with van der Waals surface area (Å²) >= 11 is 0. The van der Waals surface area contributed by atoms with Gasteiger partial charge in [0, 0.05) is 13.1 Å². The summed E-state index contributed by atoms with van der Waals surface area (Å²) < 4.78 is 5.99. The number of hydrogen-bond donors (Lipinski definition) is 2. The lowest BCUT2D eigenvalue weighted by molar-refractivity contribution is 0.210. The quantitative estimate of drug-likeness (QED) is 0.817. The molecule has 1 aliphatic rings. The van der Waals surface area contributed by atoms with E-state index in [4.69, 9.17) is 9.84 Å². The first kappa shape index (κ1) is 16.0. The molecule has 0 amide bonds. The fraction of sp³-hybridized carbons (Fsp3) is 0.400. The Balaban J connectivity index is 1.46. The molecule has 3 heteroatoms. The van der Waals surface area contributed by atoms with Crippen molar-refractivity contribution in [3.05, 3.63) is 65.2 Å². The van der Waals surface area contributed by atoms with Crippen LogP contribution in [0.2, 0.25) is 0 Å². The van der Waals surface area contributed by atoms with Gasteiger partial charge in [0.05, 0.1) is 12.7 Å². The summed E-state index contributed by atoms with van der Waals surface area (Å²) in [5.41, 5.74) is 3.40. The maximum atomic E-state index is 9.16. The van der Waals surface area contributed by atoms with Crippen molar-refractivity contribution in [3.8, 4) is 5.75 Å². The third-order valence-electron chi connectivity index (χ3n) is 4.36. The molecule has 0 saturated heterocycles. The topological polar surface area (TPSA) is 41.5 Å². The van der Waals surface area contributed by atoms with Gasteiger partial charge in [-0.15, -0.1) is 0 Å². The molecule has 0 heterocycles. The molecule has 0 atom stereocenters. The van der Waals surface area contributed by atoms with Crippen molar-refractivity contribution < 1.29 is 9.84 Å². The molecule has 3 rings (SSSR count). The smallest absolute Gasteiger partial charge is 0.119 e. The number of aliphatic hydroxyl groups is 1. The highest BCUT2D eigenvalue weighted by molar-refractivity contribution is 5.28. The Bertz CT molecular complexity index is 603. The van der Waals surface area contributed by atoms with E-state index in [1.54, 1.807) is 0 Å². The van der Waals surface area contributed by atoms with Gasteiger partial charge in [0.2, 0.25) is 0 Å². The minimum absolute atomic E-state index is 0.0935. The first-order valence-corrected chi connectivity index (χ1v) is 8.48. The number of rotatable bonds is 7. The van der Waals surface area contributed by atoms with Gasteiger partial charge in [-0.05, 0) is 54.5 Å². The molecule has 0 aliphatic heterocycles. The number of aliphatic hydroxyl groups excluding tert-OH is 1. The van der Waals surface area contributed by atoms with Crippen molar-refractivity contribution in [3.63, 3.8) is 0 Å². The maximum absolute atomic E-state index is 9.16. The molecular weight excluding hydrogens is 286 g/mol. The number of nitrogens with one attached hydrogen (secondary N) is 1. The van der Waals surface area contributed by atoms with E-state index in [2.05, 4.69) is 35.6 Å². The van der Waals surface area contributed by atoms with E-state index in [9.17, 15) is 0 Å². The van der Waals surface area contributed by atoms with Crippen LogP contribution >= 0.6 is 0 Å². The van der Waals surface area contributed by atoms with E-state index < -0.39 is 0 Å². The number of benzene rings is 2. The Morgan fingerprint density at radius 1 is 0.913 bits per heavy atom. The molecule has 0 aromatic heterocycles. The monoisotopic (exact) mass is 311 g/mol. The molecule has 0 bridgehead atoms. The van der Waals surface area contributed by atoms with Gasteiger partial charge in [0.1, 0.15) is 5.75 Å². The van der Waals surface area contributed by atoms with Gasteiger partial charge < -0.3 is 15.2 Å². The van der Waals surface area contributed by atoms with Crippen LogP contribution in [0.3, 0.4) is 0 Å². The molecule has 1 aliphatic carbocycles. The zero-order valence-electron chi connectivity index (χ0n) is 13.5. The van der Waals surface area contributed by atoms with Crippen LogP contribution in [-0.2, 0) is 19.7 Å². The second-order valence-corrected chi connectivity index (χ2v) is 6.25. The second kappa shape index (κ2) is 8.14. The number of hydrogen-bond acceptors (Lipinski definition) is 3. The van der Waals surface area contributed by atoms with Gasteiger partial charge in [-0.2, -0.15) is 0 Å². The van der Waals surface area contributed by atoms with Gasteiger partial charge in [0.15, 0.2) is 0 Å². The Hall–Kier alpha value is -1.84. The molecule has 0 radical (unpaired) electrons. The van der Waals surface area contributed by atoms with Gasteiger partial charge in [-0.3, -0.25) is 0 Å². The van der Waals surface area contributed by atoms with Crippen LogP contribution in [0.4, 0.5) is 0 Å². The summed E-state index contributed by atoms with van der Waals surface area (Å²) in [6, 6.07) is 16.4. The lowest BCUT2D eigenvalue weighted by atomic mass is 10.1. The second-order valence-electron chi connectivity index (χ2n) is 6.25. The minimum Gasteiger partial charge on any atom is -0.490 e. The molecule has 122 valence electrons. The predicted octanol–water partition coefficient (Wildman–Crippen LogP) is 3.79. The molecule has 0 spiro atoms. The van der Waals surface area contributed by atoms with Crippen LogP contribution in [0.25, 0.3) is 0 Å². The van der Waals surface area contributed by atoms with Gasteiger partial charge in [-0.25, -0.2) is 0 Å². The maximum Gasteiger partial charge on any atom is 0.119 e. The summed E-state index contributed by atoms with van der Waals surface area (Å²) in [4.78, 5) is 0. The van der Waals surface area contributed by atoms with Crippen LogP contribution in [0.5, 0.6) is 5.75 Å². The predicted molar refractivity (Wildman–Crippen MR) is 92.2 cm³/mol. The van der Waals surface area contributed by atoms with Gasteiger partial charge in [-0.1, -0.05) is 36.4 Å². The van der Waals surface area contributed by atoms with Crippen molar-refractivity contribution in [2.45, 2.75) is 51.5 Å². The van der Waals surface area contributed by atoms with Crippen LogP contribution in [0, 0.1) is 0 Å². The summed E-state index contributed by atoms with van der Waals surface area (Å²) in [6.45, 7) is 1.72. The number of ether oxygens (including phenoxy) is 1. The van der Waals surface area contributed by atoms with E-state index in [1.807, 2.05) is 18.2 Å². The summed E-state index contributed by atoms with van der Waals surface area (Å²) in [5.74, 6) is 0.983. The van der Waals surface area contributed by atoms with E-state index in [0.717, 1.165) is 24.4 Å². The van der Waals surface area contributed by atoms with Crippen molar-refractivity contribution in [1.29, 1.82) is 0 Å². The molecule has 2 aromatic rings. The Kier molecular flexibility index (Phi) is 5.67. The Morgan fingerprint density at radius 3 is 2.35 bits per heavy atom. The van der Waals surface area contributed by atoms with Crippen molar-refractivity contribution in [1.82, 2.24) is 5.32 Å². The average molecular weight is 311 g/mol. The van der Waals surface area contributed by atoms with Crippen molar-refractivity contribution >= 4 is 0 Å². The van der Waals surface area contributed by atoms with Gasteiger partial charge >= 0.3 is 0 Å². The fourth-order valence-corrected chi connectivity index (χ4v) is 3.07. The van der Waals surface area contributed by atoms with Crippen molar-refractivity contribution in [2.75, 3.05) is 0 Å². The lowest BCUT2D eigenvalue weighted by Gasteiger charge is -2.13. The summed E-state index contributed by atoms with van der Waals surface area (Å²) in [6.07, 6.45) is 5.39. The molecule has 2 N–H and O–H groups in total. The molecule has 0 unspecified atom stereocenters. The van der Waals surface area contributed by atoms with Crippen LogP contribution in [0.15, 0.2) is 48.5 Å². The third-order valence-corrected chi connectivity index (χ3v) is 4.36. The van der Waals surface area contributed by atoms with Crippen LogP contribution in [-0.4, -0.2) is 11.2 Å². The van der Waals surface area contributed by atoms with E-state index in [1.165, 1.54) is 36.8 Å². The Morgan fingerprint density at radius 2 is 1.61 bits per heavy atom. The molecule has 2 aromatic carbocycles. The SMILES string of the molecule is OCc1cccc(CNCc2ccc(OC3CCCC3)cc2)c1. The largest absolute Gasteiger partial charge is 0.490 e. The summed E-state index contributed by atoms with van der Waals surface area (Å²) in [5, 5.41) is 12.6. The molecule has 23 heavy (non-hydrogen) atoms. The first-order chi connectivity index (χ1) is 11.3. The summed E-state index contributed by atoms with van der Waals surface area (Å²) in [7, 11) is 0. The standard InChI is InChI=1S/C20H25NO2/c22-15-18-5-3-4-17(12-18)14-21-13-16-8-10-20(11-9-16)23-19-6-1-2-7-19/h3-5,8-12,19,21-22H,1-2,6-7,13-15H2. The van der Waals surface area contributed by atoms with Crippen LogP contribution in [0.1, 0.15) is 42.4 Å². The van der Waals surface area contributed by atoms with Gasteiger partial charge in [0.25, 0.3) is 0 Å². The highest BCUT2D eigenvalue weighted by atomic mass is 16.5. The normalized spacial score (nSPS) is 15.0. The highest BCUT2D eigenvalue weighted by Crippen LogP contribution is 2.24. The average Bonchev–Trinajstić information content (AvgIpc) is 3.10. The highest BCUT2D eigenvalue weighted by Gasteiger charge is 2.16. The Labute approximate surface area is 138 Å². The minimum atomic E-state index is 0.0935. The zero-order valence-corrected chi connectivity index (χ0v) is 13.5. The fourth-order valence-electron chi connectivity index (χ4n) is 3.07. The third kappa shape index (κ3) is 4.81. The first-order valence-electron chi connectivity index (χ1n) is 8.48. The molecular formula is C20H25NO2. The molecule has 1 saturated carbocycles. The zero-order chi connectivity index (χ0) is 15.9.